The van der Waals surface area contributed by atoms with Gasteiger partial charge in [0.25, 0.3) is 0 Å². The maximum atomic E-state index is 12.5. The molecule has 0 fully saturated rings. The van der Waals surface area contributed by atoms with E-state index in [2.05, 4.69) is 11.9 Å². The lowest BCUT2D eigenvalue weighted by Gasteiger charge is -2.12. The predicted molar refractivity (Wildman–Crippen MR) is 74.5 cm³/mol. The van der Waals surface area contributed by atoms with E-state index in [0.717, 1.165) is 18.3 Å². The van der Waals surface area contributed by atoms with Crippen LogP contribution in [0.3, 0.4) is 0 Å². The van der Waals surface area contributed by atoms with Crippen LogP contribution in [0.5, 0.6) is 0 Å². The number of nitrogens with zero attached hydrogens (tertiary/aromatic N) is 2. The zero-order valence-corrected chi connectivity index (χ0v) is 12.1. The number of aliphatic hydroxyl groups excluding tert-OH is 1. The molecule has 8 heteroatoms. The van der Waals surface area contributed by atoms with Crippen molar-refractivity contribution in [3.05, 3.63) is 60.0 Å². The molecular weight excluding hydrogens is 313 g/mol. The van der Waals surface area contributed by atoms with Crippen molar-refractivity contribution in [1.82, 2.24) is 9.55 Å². The maximum Gasteiger partial charge on any atom is 0.433 e. The third-order valence-electron chi connectivity index (χ3n) is 3.42. The summed E-state index contributed by atoms with van der Waals surface area (Å²) in [5.74, 6) is -1.14. The summed E-state index contributed by atoms with van der Waals surface area (Å²) in [5.41, 5.74) is 0.0926. The number of aliphatic carboxylic acids is 1. The number of carboxylic acid groups (broad SMARTS) is 1. The van der Waals surface area contributed by atoms with E-state index in [9.17, 15) is 23.1 Å². The highest BCUT2D eigenvalue weighted by molar-refractivity contribution is 5.72. The molecular formula is C15H14F3N2O3. The topological polar surface area (TPSA) is 75.3 Å². The van der Waals surface area contributed by atoms with Crippen LogP contribution in [0.25, 0.3) is 0 Å². The van der Waals surface area contributed by atoms with Crippen molar-refractivity contribution in [1.29, 1.82) is 0 Å². The highest BCUT2D eigenvalue weighted by atomic mass is 19.4. The van der Waals surface area contributed by atoms with Crippen molar-refractivity contribution >= 4 is 5.97 Å². The van der Waals surface area contributed by atoms with E-state index in [4.69, 9.17) is 5.11 Å². The summed E-state index contributed by atoms with van der Waals surface area (Å²) < 4.78 is 38.8. The molecule has 23 heavy (non-hydrogen) atoms. The van der Waals surface area contributed by atoms with Crippen molar-refractivity contribution in [2.75, 3.05) is 0 Å². The molecule has 2 aromatic rings. The molecule has 0 spiro atoms. The molecule has 0 aliphatic heterocycles. The summed E-state index contributed by atoms with van der Waals surface area (Å²) in [6.45, 7) is 5.13. The van der Waals surface area contributed by atoms with E-state index in [1.165, 1.54) is 17.0 Å². The Balaban J connectivity index is 2.30. The predicted octanol–water partition coefficient (Wildman–Crippen LogP) is 2.75. The molecule has 2 aromatic heterocycles. The van der Waals surface area contributed by atoms with Crippen molar-refractivity contribution in [3.63, 3.8) is 0 Å². The molecule has 5 nitrogen and oxygen atoms in total. The second kappa shape index (κ2) is 6.04. The Morgan fingerprint density at radius 2 is 2.00 bits per heavy atom. The van der Waals surface area contributed by atoms with Gasteiger partial charge in [-0.05, 0) is 25.5 Å². The number of aromatic nitrogens is 2. The first-order valence-electron chi connectivity index (χ1n) is 6.56. The zero-order chi connectivity index (χ0) is 17.4. The van der Waals surface area contributed by atoms with Gasteiger partial charge in [-0.3, -0.25) is 4.98 Å². The molecule has 0 amide bonds. The van der Waals surface area contributed by atoms with Crippen LogP contribution in [0.4, 0.5) is 13.2 Å². The Bertz CT molecular complexity index is 708. The van der Waals surface area contributed by atoms with Gasteiger partial charge in [-0.25, -0.2) is 4.79 Å². The van der Waals surface area contributed by atoms with Crippen LogP contribution < -0.4 is 0 Å². The van der Waals surface area contributed by atoms with E-state index < -0.39 is 30.0 Å². The van der Waals surface area contributed by atoms with Crippen LogP contribution in [0.15, 0.2) is 30.7 Å². The molecule has 2 atom stereocenters. The number of carbonyl (C=O) groups is 1. The SMILES string of the molecule is [CH2]C(C(=O)O)n1cc(C)c(C(O)c2ccc(C(F)(F)F)nc2)c1. The number of hydrogen-bond acceptors (Lipinski definition) is 3. The largest absolute Gasteiger partial charge is 0.480 e. The number of halogens is 3. The number of alkyl halides is 3. The van der Waals surface area contributed by atoms with Gasteiger partial charge in [0.05, 0.1) is 0 Å². The monoisotopic (exact) mass is 327 g/mol. The normalized spacial score (nSPS) is 14.5. The lowest BCUT2D eigenvalue weighted by molar-refractivity contribution is -0.141. The number of pyridine rings is 1. The molecule has 2 unspecified atom stereocenters. The minimum absolute atomic E-state index is 0.176. The summed E-state index contributed by atoms with van der Waals surface area (Å²) in [7, 11) is 0. The van der Waals surface area contributed by atoms with E-state index >= 15 is 0 Å². The lowest BCUT2D eigenvalue weighted by Crippen LogP contribution is -2.14. The number of carboxylic acids is 1. The molecule has 2 heterocycles. The molecule has 2 N–H and O–H groups in total. The molecule has 0 aliphatic rings. The van der Waals surface area contributed by atoms with Gasteiger partial charge in [0.15, 0.2) is 0 Å². The van der Waals surface area contributed by atoms with Gasteiger partial charge in [-0.2, -0.15) is 13.2 Å². The summed E-state index contributed by atoms with van der Waals surface area (Å²) in [4.78, 5) is 14.2. The van der Waals surface area contributed by atoms with Crippen LogP contribution in [-0.2, 0) is 11.0 Å². The van der Waals surface area contributed by atoms with Gasteiger partial charge in [0, 0.05) is 29.7 Å². The third kappa shape index (κ3) is 3.53. The lowest BCUT2D eigenvalue weighted by atomic mass is 10.0. The maximum absolute atomic E-state index is 12.5. The highest BCUT2D eigenvalue weighted by Crippen LogP contribution is 2.30. The summed E-state index contributed by atoms with van der Waals surface area (Å²) in [6, 6.07) is 0.850. The minimum atomic E-state index is -4.55. The van der Waals surface area contributed by atoms with Crippen molar-refractivity contribution in [3.8, 4) is 0 Å². The first-order valence-corrected chi connectivity index (χ1v) is 6.56. The quantitative estimate of drug-likeness (QED) is 0.905. The van der Waals surface area contributed by atoms with Gasteiger partial charge in [-0.15, -0.1) is 0 Å². The minimum Gasteiger partial charge on any atom is -0.480 e. The number of hydrogen-bond donors (Lipinski definition) is 2. The Labute approximate surface area is 130 Å². The molecule has 1 radical (unpaired) electrons. The molecule has 2 rings (SSSR count). The first kappa shape index (κ1) is 17.0. The smallest absolute Gasteiger partial charge is 0.433 e. The van der Waals surface area contributed by atoms with Gasteiger partial charge in [-0.1, -0.05) is 6.07 Å². The fourth-order valence-corrected chi connectivity index (χ4v) is 2.11. The van der Waals surface area contributed by atoms with Crippen molar-refractivity contribution < 1.29 is 28.2 Å². The average Bonchev–Trinajstić information content (AvgIpc) is 2.86. The first-order chi connectivity index (χ1) is 10.6. The molecule has 0 bridgehead atoms. The Hall–Kier alpha value is -2.35. The molecule has 0 aliphatic carbocycles. The second-order valence-electron chi connectivity index (χ2n) is 5.07. The Morgan fingerprint density at radius 3 is 2.48 bits per heavy atom. The van der Waals surface area contributed by atoms with Crippen LogP contribution in [0, 0.1) is 13.8 Å². The van der Waals surface area contributed by atoms with Crippen molar-refractivity contribution in [2.45, 2.75) is 25.2 Å². The van der Waals surface area contributed by atoms with Crippen molar-refractivity contribution in [2.24, 2.45) is 0 Å². The third-order valence-corrected chi connectivity index (χ3v) is 3.42. The summed E-state index contributed by atoms with van der Waals surface area (Å²) in [6.07, 6.45) is -1.91. The number of aliphatic hydroxyl groups is 1. The molecule has 0 saturated carbocycles. The van der Waals surface area contributed by atoms with E-state index in [1.54, 1.807) is 6.92 Å². The Kier molecular flexibility index (Phi) is 4.46. The van der Waals surface area contributed by atoms with Gasteiger partial charge < -0.3 is 14.8 Å². The van der Waals surface area contributed by atoms with Gasteiger partial charge >= 0.3 is 12.1 Å². The molecule has 123 valence electrons. The average molecular weight is 327 g/mol. The Morgan fingerprint density at radius 1 is 1.35 bits per heavy atom. The second-order valence-corrected chi connectivity index (χ2v) is 5.07. The van der Waals surface area contributed by atoms with E-state index in [-0.39, 0.29) is 5.56 Å². The van der Waals surface area contributed by atoms with Gasteiger partial charge in [0.1, 0.15) is 17.8 Å². The highest BCUT2D eigenvalue weighted by Gasteiger charge is 2.32. The number of aryl methyl sites for hydroxylation is 1. The van der Waals surface area contributed by atoms with Crippen LogP contribution in [0.2, 0.25) is 0 Å². The standard InChI is InChI=1S/C15H14F3N2O3/c1-8-6-20(9(2)14(22)23)7-11(8)13(21)10-3-4-12(19-5-10)15(16,17)18/h3-7,9,13,21H,2H2,1H3,(H,22,23). The van der Waals surface area contributed by atoms with Crippen LogP contribution >= 0.6 is 0 Å². The fraction of sp³-hybridized carbons (Fsp3) is 0.267. The van der Waals surface area contributed by atoms with Crippen LogP contribution in [0.1, 0.15) is 34.5 Å². The zero-order valence-electron chi connectivity index (χ0n) is 12.1. The van der Waals surface area contributed by atoms with Gasteiger partial charge in [0.2, 0.25) is 0 Å². The molecule has 0 saturated heterocycles. The van der Waals surface area contributed by atoms with E-state index in [1.807, 2.05) is 0 Å². The summed E-state index contributed by atoms with van der Waals surface area (Å²) in [5, 5.41) is 19.2. The fourth-order valence-electron chi connectivity index (χ4n) is 2.11. The van der Waals surface area contributed by atoms with Crippen LogP contribution in [-0.4, -0.2) is 25.7 Å². The number of rotatable bonds is 4. The van der Waals surface area contributed by atoms with E-state index in [0.29, 0.717) is 11.1 Å². The summed E-state index contributed by atoms with van der Waals surface area (Å²) >= 11 is 0. The molecule has 0 aromatic carbocycles.